The zero-order valence-corrected chi connectivity index (χ0v) is 8.10. The van der Waals surface area contributed by atoms with Crippen molar-refractivity contribution in [3.63, 3.8) is 0 Å². The number of nitrogens with one attached hydrogen (secondary N) is 1. The lowest BCUT2D eigenvalue weighted by Crippen LogP contribution is -2.33. The first-order valence-corrected chi connectivity index (χ1v) is 5.01. The second-order valence-corrected chi connectivity index (χ2v) is 3.86. The molecular weight excluding hydrogens is 150 g/mol. The number of rotatable bonds is 2. The van der Waals surface area contributed by atoms with E-state index in [1.54, 1.807) is 0 Å². The summed E-state index contributed by atoms with van der Waals surface area (Å²) in [5.41, 5.74) is 0. The van der Waals surface area contributed by atoms with Gasteiger partial charge in [-0.15, -0.1) is 0 Å². The maximum atomic E-state index is 11.4. The third-order valence-electron chi connectivity index (χ3n) is 2.66. The van der Waals surface area contributed by atoms with Crippen molar-refractivity contribution in [2.24, 2.45) is 11.8 Å². The smallest absolute Gasteiger partial charge is 0.223 e. The van der Waals surface area contributed by atoms with E-state index < -0.39 is 0 Å². The van der Waals surface area contributed by atoms with Crippen LogP contribution >= 0.6 is 0 Å². The van der Waals surface area contributed by atoms with Crippen LogP contribution < -0.4 is 5.32 Å². The molecule has 1 aliphatic carbocycles. The molecule has 1 unspecified atom stereocenters. The molecule has 2 atom stereocenters. The molecule has 0 aliphatic heterocycles. The molecule has 2 nitrogen and oxygen atoms in total. The summed E-state index contributed by atoms with van der Waals surface area (Å²) >= 11 is 0. The van der Waals surface area contributed by atoms with Crippen LogP contribution in [0.4, 0.5) is 0 Å². The Morgan fingerprint density at radius 3 is 2.83 bits per heavy atom. The summed E-state index contributed by atoms with van der Waals surface area (Å²) < 4.78 is 0. The zero-order valence-electron chi connectivity index (χ0n) is 8.10. The van der Waals surface area contributed by atoms with Gasteiger partial charge < -0.3 is 5.32 Å². The van der Waals surface area contributed by atoms with Crippen molar-refractivity contribution in [3.05, 3.63) is 0 Å². The van der Waals surface area contributed by atoms with Crippen molar-refractivity contribution in [1.82, 2.24) is 5.32 Å². The predicted octanol–water partition coefficient (Wildman–Crippen LogP) is 1.95. The van der Waals surface area contributed by atoms with Crippen molar-refractivity contribution in [2.75, 3.05) is 6.54 Å². The highest BCUT2D eigenvalue weighted by atomic mass is 16.1. The molecule has 12 heavy (non-hydrogen) atoms. The van der Waals surface area contributed by atoms with Gasteiger partial charge in [-0.05, 0) is 25.7 Å². The Bertz CT molecular complexity index is 156. The summed E-state index contributed by atoms with van der Waals surface area (Å²) in [6.45, 7) is 4.99. The molecule has 1 fully saturated rings. The minimum absolute atomic E-state index is 0.268. The van der Waals surface area contributed by atoms with Crippen LogP contribution in [0.2, 0.25) is 0 Å². The molecule has 1 amide bonds. The Balaban J connectivity index is 2.35. The molecule has 0 heterocycles. The van der Waals surface area contributed by atoms with E-state index in [1.807, 2.05) is 6.92 Å². The molecule has 0 radical (unpaired) electrons. The summed E-state index contributed by atoms with van der Waals surface area (Å²) in [5, 5.41) is 2.90. The lowest BCUT2D eigenvalue weighted by molar-refractivity contribution is -0.126. The van der Waals surface area contributed by atoms with E-state index in [9.17, 15) is 4.79 Å². The summed E-state index contributed by atoms with van der Waals surface area (Å²) in [4.78, 5) is 11.4. The first-order valence-electron chi connectivity index (χ1n) is 5.01. The van der Waals surface area contributed by atoms with E-state index >= 15 is 0 Å². The number of hydrogen-bond donors (Lipinski definition) is 1. The molecule has 1 N–H and O–H groups in total. The molecule has 1 aliphatic rings. The Hall–Kier alpha value is -0.530. The second kappa shape index (κ2) is 4.48. The summed E-state index contributed by atoms with van der Waals surface area (Å²) in [6, 6.07) is 0. The van der Waals surface area contributed by atoms with Crippen molar-refractivity contribution >= 4 is 5.91 Å². The molecule has 0 aromatic heterocycles. The van der Waals surface area contributed by atoms with E-state index in [-0.39, 0.29) is 5.91 Å². The molecular formula is C10H19NO. The summed E-state index contributed by atoms with van der Waals surface area (Å²) in [6.07, 6.45) is 4.71. The van der Waals surface area contributed by atoms with Gasteiger partial charge in [0.15, 0.2) is 0 Å². The maximum absolute atomic E-state index is 11.4. The molecule has 1 saturated carbocycles. The highest BCUT2D eigenvalue weighted by Crippen LogP contribution is 2.28. The Morgan fingerprint density at radius 2 is 2.25 bits per heavy atom. The molecule has 0 aromatic rings. The molecule has 70 valence electrons. The second-order valence-electron chi connectivity index (χ2n) is 3.86. The fourth-order valence-electron chi connectivity index (χ4n) is 1.99. The summed E-state index contributed by atoms with van der Waals surface area (Å²) in [5.74, 6) is 1.31. The number of carbonyl (C=O) groups excluding carboxylic acids is 1. The van der Waals surface area contributed by atoms with Crippen molar-refractivity contribution in [3.8, 4) is 0 Å². The van der Waals surface area contributed by atoms with Gasteiger partial charge in [-0.25, -0.2) is 0 Å². The van der Waals surface area contributed by atoms with Crippen molar-refractivity contribution in [2.45, 2.75) is 39.5 Å². The minimum atomic E-state index is 0.268. The Kier molecular flexibility index (Phi) is 3.57. The fraction of sp³-hybridized carbons (Fsp3) is 0.900. The zero-order chi connectivity index (χ0) is 8.97. The highest BCUT2D eigenvalue weighted by molar-refractivity contribution is 5.78. The standard InChI is InChI=1S/C10H19NO/c1-3-11-10(12)9-6-4-5-8(2)7-9/h8-9H,3-7H2,1-2H3,(H,11,12)/t8-,9?/m1/s1. The quantitative estimate of drug-likeness (QED) is 0.672. The Morgan fingerprint density at radius 1 is 1.50 bits per heavy atom. The van der Waals surface area contributed by atoms with Crippen LogP contribution in [0.15, 0.2) is 0 Å². The molecule has 0 saturated heterocycles. The van der Waals surface area contributed by atoms with Gasteiger partial charge in [0.05, 0.1) is 0 Å². The SMILES string of the molecule is CCNC(=O)C1CCC[C@@H](C)C1. The molecule has 0 spiro atoms. The number of carbonyl (C=O) groups is 1. The first kappa shape index (κ1) is 9.56. The molecule has 0 bridgehead atoms. The summed E-state index contributed by atoms with van der Waals surface area (Å²) in [7, 11) is 0. The van der Waals surface area contributed by atoms with Crippen molar-refractivity contribution in [1.29, 1.82) is 0 Å². The third kappa shape index (κ3) is 2.50. The van der Waals surface area contributed by atoms with Gasteiger partial charge in [0.25, 0.3) is 0 Å². The van der Waals surface area contributed by atoms with Crippen LogP contribution in [0.3, 0.4) is 0 Å². The van der Waals surface area contributed by atoms with Crippen LogP contribution in [0.5, 0.6) is 0 Å². The largest absolute Gasteiger partial charge is 0.356 e. The monoisotopic (exact) mass is 169 g/mol. The average Bonchev–Trinajstić information content (AvgIpc) is 2.05. The van der Waals surface area contributed by atoms with Gasteiger partial charge in [0.2, 0.25) is 5.91 Å². The van der Waals surface area contributed by atoms with Gasteiger partial charge in [-0.3, -0.25) is 4.79 Å². The van der Waals surface area contributed by atoms with E-state index in [1.165, 1.54) is 12.8 Å². The van der Waals surface area contributed by atoms with Crippen LogP contribution in [-0.2, 0) is 4.79 Å². The first-order chi connectivity index (χ1) is 5.74. The molecule has 1 rings (SSSR count). The average molecular weight is 169 g/mol. The van der Waals surface area contributed by atoms with Gasteiger partial charge in [-0.1, -0.05) is 19.8 Å². The van der Waals surface area contributed by atoms with Gasteiger partial charge in [0, 0.05) is 12.5 Å². The van der Waals surface area contributed by atoms with Crippen LogP contribution in [0.25, 0.3) is 0 Å². The fourth-order valence-corrected chi connectivity index (χ4v) is 1.99. The normalized spacial score (nSPS) is 29.8. The van der Waals surface area contributed by atoms with Gasteiger partial charge >= 0.3 is 0 Å². The topological polar surface area (TPSA) is 29.1 Å². The molecule has 2 heteroatoms. The number of hydrogen-bond acceptors (Lipinski definition) is 1. The lowest BCUT2D eigenvalue weighted by Gasteiger charge is -2.25. The van der Waals surface area contributed by atoms with Crippen molar-refractivity contribution < 1.29 is 4.79 Å². The highest BCUT2D eigenvalue weighted by Gasteiger charge is 2.24. The maximum Gasteiger partial charge on any atom is 0.223 e. The van der Waals surface area contributed by atoms with E-state index in [2.05, 4.69) is 12.2 Å². The van der Waals surface area contributed by atoms with Crippen LogP contribution in [0.1, 0.15) is 39.5 Å². The lowest BCUT2D eigenvalue weighted by atomic mass is 9.82. The predicted molar refractivity (Wildman–Crippen MR) is 49.8 cm³/mol. The van der Waals surface area contributed by atoms with E-state index in [4.69, 9.17) is 0 Å². The van der Waals surface area contributed by atoms with E-state index in [0.29, 0.717) is 5.92 Å². The minimum Gasteiger partial charge on any atom is -0.356 e. The van der Waals surface area contributed by atoms with Crippen LogP contribution in [-0.4, -0.2) is 12.5 Å². The van der Waals surface area contributed by atoms with E-state index in [0.717, 1.165) is 25.3 Å². The molecule has 0 aromatic carbocycles. The Labute approximate surface area is 74.7 Å². The van der Waals surface area contributed by atoms with Crippen LogP contribution in [0, 0.1) is 11.8 Å². The third-order valence-corrected chi connectivity index (χ3v) is 2.66. The number of amides is 1. The van der Waals surface area contributed by atoms with Gasteiger partial charge in [-0.2, -0.15) is 0 Å². The van der Waals surface area contributed by atoms with Gasteiger partial charge in [0.1, 0.15) is 0 Å².